The highest BCUT2D eigenvalue weighted by molar-refractivity contribution is 5.81. The van der Waals surface area contributed by atoms with E-state index >= 15 is 0 Å². The van der Waals surface area contributed by atoms with Crippen LogP contribution in [0.2, 0.25) is 0 Å². The number of rotatable bonds is 5. The number of carbonyl (C=O) groups excluding carboxylic acids is 2. The Hall–Kier alpha value is -2.64. The fraction of sp³-hybridized carbons (Fsp3) is 0.429. The molecule has 8 heteroatoms. The van der Waals surface area contributed by atoms with Gasteiger partial charge < -0.3 is 19.6 Å². The Bertz CT molecular complexity index is 664. The molecule has 0 aliphatic carbocycles. The van der Waals surface area contributed by atoms with Crippen LogP contribution in [0.25, 0.3) is 11.6 Å². The lowest BCUT2D eigenvalue weighted by Gasteiger charge is -2.15. The van der Waals surface area contributed by atoms with Crippen molar-refractivity contribution in [3.63, 3.8) is 0 Å². The van der Waals surface area contributed by atoms with Gasteiger partial charge >= 0.3 is 0 Å². The molecule has 0 spiro atoms. The average molecular weight is 304 g/mol. The Morgan fingerprint density at radius 3 is 3.00 bits per heavy atom. The summed E-state index contributed by atoms with van der Waals surface area (Å²) in [5, 5.41) is 3.80. The van der Waals surface area contributed by atoms with Gasteiger partial charge in [-0.25, -0.2) is 0 Å². The van der Waals surface area contributed by atoms with Gasteiger partial charge in [-0.3, -0.25) is 9.59 Å². The van der Waals surface area contributed by atoms with Crippen LogP contribution in [0.5, 0.6) is 0 Å². The molecular formula is C14H16N4O4. The van der Waals surface area contributed by atoms with Crippen LogP contribution in [-0.2, 0) is 16.0 Å². The Morgan fingerprint density at radius 1 is 1.45 bits per heavy atom. The van der Waals surface area contributed by atoms with Gasteiger partial charge in [-0.15, -0.1) is 0 Å². The lowest BCUT2D eigenvalue weighted by Crippen LogP contribution is -2.31. The summed E-state index contributed by atoms with van der Waals surface area (Å²) in [4.78, 5) is 29.0. The number of carbonyl (C=O) groups is 2. The zero-order chi connectivity index (χ0) is 15.5. The lowest BCUT2D eigenvalue weighted by molar-refractivity contribution is -0.130. The number of aryl methyl sites for hydroxylation is 1. The molecule has 2 N–H and O–H groups in total. The predicted octanol–water partition coefficient (Wildman–Crippen LogP) is 0.596. The van der Waals surface area contributed by atoms with Gasteiger partial charge in [-0.2, -0.15) is 4.98 Å². The van der Waals surface area contributed by atoms with Gasteiger partial charge in [-0.1, -0.05) is 5.16 Å². The number of amides is 2. The molecule has 0 aromatic carbocycles. The number of nitrogens with zero attached hydrogens (tertiary/aromatic N) is 3. The minimum atomic E-state index is -0.352. The summed E-state index contributed by atoms with van der Waals surface area (Å²) in [7, 11) is 0. The molecule has 0 unspecified atom stereocenters. The van der Waals surface area contributed by atoms with E-state index in [1.54, 1.807) is 17.0 Å². The number of hydrogen-bond donors (Lipinski definition) is 1. The number of likely N-dealkylation sites (tertiary alicyclic amines) is 1. The standard InChI is InChI=1S/C14H16N4O4/c15-13(20)9-5-6-18(8-9)12(19)4-3-11-16-14(17-22-11)10-2-1-7-21-10/h1-2,7,9H,3-6,8H2,(H2,15,20)/t9-/m0/s1. The third-order valence-corrected chi connectivity index (χ3v) is 3.71. The summed E-state index contributed by atoms with van der Waals surface area (Å²) in [6.45, 7) is 0.962. The molecule has 1 atom stereocenters. The lowest BCUT2D eigenvalue weighted by atomic mass is 10.1. The number of aromatic nitrogens is 2. The first-order valence-corrected chi connectivity index (χ1v) is 7.07. The van der Waals surface area contributed by atoms with Crippen molar-refractivity contribution < 1.29 is 18.5 Å². The topological polar surface area (TPSA) is 115 Å². The molecule has 3 heterocycles. The van der Waals surface area contributed by atoms with E-state index < -0.39 is 0 Å². The van der Waals surface area contributed by atoms with Crippen LogP contribution in [0.1, 0.15) is 18.7 Å². The molecule has 1 saturated heterocycles. The quantitative estimate of drug-likeness (QED) is 0.864. The summed E-state index contributed by atoms with van der Waals surface area (Å²) in [6.07, 6.45) is 2.76. The van der Waals surface area contributed by atoms with E-state index in [1.807, 2.05) is 0 Å². The molecule has 8 nitrogen and oxygen atoms in total. The Labute approximate surface area is 126 Å². The van der Waals surface area contributed by atoms with Crippen LogP contribution < -0.4 is 5.73 Å². The minimum absolute atomic E-state index is 0.0403. The van der Waals surface area contributed by atoms with Crippen molar-refractivity contribution in [2.75, 3.05) is 13.1 Å². The number of nitrogens with two attached hydrogens (primary N) is 1. The fourth-order valence-corrected chi connectivity index (χ4v) is 2.45. The fourth-order valence-electron chi connectivity index (χ4n) is 2.45. The summed E-state index contributed by atoms with van der Waals surface area (Å²) < 4.78 is 10.3. The van der Waals surface area contributed by atoms with Crippen molar-refractivity contribution in [2.45, 2.75) is 19.3 Å². The first kappa shape index (κ1) is 14.3. The third-order valence-electron chi connectivity index (χ3n) is 3.71. The zero-order valence-electron chi connectivity index (χ0n) is 11.9. The smallest absolute Gasteiger partial charge is 0.238 e. The van der Waals surface area contributed by atoms with E-state index in [2.05, 4.69) is 10.1 Å². The maximum atomic E-state index is 12.1. The van der Waals surface area contributed by atoms with Crippen molar-refractivity contribution in [1.82, 2.24) is 15.0 Å². The van der Waals surface area contributed by atoms with E-state index in [1.165, 1.54) is 6.26 Å². The second-order valence-corrected chi connectivity index (χ2v) is 5.22. The summed E-state index contributed by atoms with van der Waals surface area (Å²) in [5.74, 6) is 0.632. The van der Waals surface area contributed by atoms with Crippen molar-refractivity contribution in [2.24, 2.45) is 11.7 Å². The highest BCUT2D eigenvalue weighted by Gasteiger charge is 2.29. The molecule has 2 amide bonds. The van der Waals surface area contributed by atoms with Crippen molar-refractivity contribution in [3.05, 3.63) is 24.3 Å². The van der Waals surface area contributed by atoms with Gasteiger partial charge in [0.1, 0.15) is 0 Å². The van der Waals surface area contributed by atoms with Gasteiger partial charge in [-0.05, 0) is 18.6 Å². The maximum absolute atomic E-state index is 12.1. The maximum Gasteiger partial charge on any atom is 0.238 e. The molecule has 1 aliphatic rings. The van der Waals surface area contributed by atoms with E-state index in [0.29, 0.717) is 43.4 Å². The molecule has 0 saturated carbocycles. The second-order valence-electron chi connectivity index (χ2n) is 5.22. The summed E-state index contributed by atoms with van der Waals surface area (Å²) in [6, 6.07) is 3.46. The van der Waals surface area contributed by atoms with Crippen molar-refractivity contribution >= 4 is 11.8 Å². The van der Waals surface area contributed by atoms with Gasteiger partial charge in [0.25, 0.3) is 0 Å². The van der Waals surface area contributed by atoms with E-state index in [0.717, 1.165) is 0 Å². The molecule has 1 aliphatic heterocycles. The van der Waals surface area contributed by atoms with Crippen LogP contribution in [0.15, 0.2) is 27.3 Å². The van der Waals surface area contributed by atoms with Crippen molar-refractivity contribution in [1.29, 1.82) is 0 Å². The van der Waals surface area contributed by atoms with E-state index in [-0.39, 0.29) is 24.2 Å². The molecular weight excluding hydrogens is 288 g/mol. The Kier molecular flexibility index (Phi) is 3.90. The van der Waals surface area contributed by atoms with Gasteiger partial charge in [0.15, 0.2) is 5.76 Å². The van der Waals surface area contributed by atoms with Crippen LogP contribution >= 0.6 is 0 Å². The SMILES string of the molecule is NC(=O)[C@H]1CCN(C(=O)CCc2nc(-c3ccco3)no2)C1. The predicted molar refractivity (Wildman–Crippen MR) is 74.2 cm³/mol. The highest BCUT2D eigenvalue weighted by atomic mass is 16.5. The summed E-state index contributed by atoms with van der Waals surface area (Å²) in [5.41, 5.74) is 5.26. The Balaban J connectivity index is 1.52. The number of primary amides is 1. The van der Waals surface area contributed by atoms with Crippen molar-refractivity contribution in [3.8, 4) is 11.6 Å². The molecule has 2 aromatic rings. The van der Waals surface area contributed by atoms with E-state index in [9.17, 15) is 9.59 Å². The van der Waals surface area contributed by atoms with Gasteiger partial charge in [0.05, 0.1) is 12.2 Å². The van der Waals surface area contributed by atoms with Crippen LogP contribution in [0, 0.1) is 5.92 Å². The molecule has 3 rings (SSSR count). The van der Waals surface area contributed by atoms with Gasteiger partial charge in [0.2, 0.25) is 23.5 Å². The molecule has 116 valence electrons. The monoisotopic (exact) mass is 304 g/mol. The molecule has 2 aromatic heterocycles. The van der Waals surface area contributed by atoms with Crippen LogP contribution in [-0.4, -0.2) is 39.9 Å². The highest BCUT2D eigenvalue weighted by Crippen LogP contribution is 2.18. The molecule has 22 heavy (non-hydrogen) atoms. The van der Waals surface area contributed by atoms with Crippen LogP contribution in [0.4, 0.5) is 0 Å². The first-order valence-electron chi connectivity index (χ1n) is 7.07. The molecule has 0 bridgehead atoms. The first-order chi connectivity index (χ1) is 10.6. The third kappa shape index (κ3) is 3.00. The average Bonchev–Trinajstić information content (AvgIpc) is 3.23. The molecule has 1 fully saturated rings. The second kappa shape index (κ2) is 6.00. The van der Waals surface area contributed by atoms with Crippen LogP contribution in [0.3, 0.4) is 0 Å². The number of hydrogen-bond acceptors (Lipinski definition) is 6. The normalized spacial score (nSPS) is 17.8. The largest absolute Gasteiger partial charge is 0.461 e. The molecule has 0 radical (unpaired) electrons. The number of furan rings is 1. The minimum Gasteiger partial charge on any atom is -0.461 e. The summed E-state index contributed by atoms with van der Waals surface area (Å²) >= 11 is 0. The zero-order valence-corrected chi connectivity index (χ0v) is 11.9. The van der Waals surface area contributed by atoms with E-state index in [4.69, 9.17) is 14.7 Å². The Morgan fingerprint density at radius 2 is 2.32 bits per heavy atom. The van der Waals surface area contributed by atoms with Gasteiger partial charge in [0, 0.05) is 25.9 Å².